The molecule has 5 nitrogen and oxygen atoms in total. The summed E-state index contributed by atoms with van der Waals surface area (Å²) < 4.78 is 0. The molecule has 1 aliphatic rings. The molecule has 0 saturated carbocycles. The third kappa shape index (κ3) is 1.77. The summed E-state index contributed by atoms with van der Waals surface area (Å²) in [6.07, 6.45) is 5.19. The van der Waals surface area contributed by atoms with Gasteiger partial charge in [-0.25, -0.2) is 4.98 Å². The fraction of sp³-hybridized carbons (Fsp3) is 0.556. The van der Waals surface area contributed by atoms with Crippen molar-refractivity contribution in [1.82, 2.24) is 9.97 Å². The van der Waals surface area contributed by atoms with E-state index in [1.807, 2.05) is 4.90 Å². The molecule has 0 spiro atoms. The highest BCUT2D eigenvalue weighted by Crippen LogP contribution is 2.12. The maximum atomic E-state index is 11.4. The highest BCUT2D eigenvalue weighted by atomic mass is 16.1. The number of nitrogens with two attached hydrogens (primary N) is 1. The van der Waals surface area contributed by atoms with Crippen LogP contribution in [0.2, 0.25) is 0 Å². The molecule has 1 fully saturated rings. The van der Waals surface area contributed by atoms with E-state index in [1.54, 1.807) is 6.20 Å². The number of hydrogen-bond acceptors (Lipinski definition) is 4. The summed E-state index contributed by atoms with van der Waals surface area (Å²) in [6, 6.07) is 0.158. The van der Waals surface area contributed by atoms with Crippen molar-refractivity contribution in [2.24, 2.45) is 5.73 Å². The molecule has 0 aromatic carbocycles. The van der Waals surface area contributed by atoms with E-state index in [0.29, 0.717) is 5.82 Å². The van der Waals surface area contributed by atoms with E-state index in [1.165, 1.54) is 6.20 Å². The van der Waals surface area contributed by atoms with E-state index >= 15 is 0 Å². The Morgan fingerprint density at radius 2 is 2.50 bits per heavy atom. The molecule has 5 heteroatoms. The average molecular weight is 194 g/mol. The van der Waals surface area contributed by atoms with Crippen LogP contribution in [0.3, 0.4) is 0 Å². The van der Waals surface area contributed by atoms with Crippen molar-refractivity contribution in [3.63, 3.8) is 0 Å². The molecular formula is C9H14N4O. The van der Waals surface area contributed by atoms with Gasteiger partial charge in [0.05, 0.1) is 0 Å². The minimum Gasteiger partial charge on any atom is -0.350 e. The lowest BCUT2D eigenvalue weighted by molar-refractivity contribution is 0.502. The Bertz CT molecular complexity index is 362. The molecule has 1 saturated heterocycles. The third-order valence-electron chi connectivity index (χ3n) is 2.45. The lowest BCUT2D eigenvalue weighted by atomic mass is 10.1. The van der Waals surface area contributed by atoms with Crippen molar-refractivity contribution in [2.45, 2.75) is 18.9 Å². The van der Waals surface area contributed by atoms with E-state index in [0.717, 1.165) is 25.9 Å². The number of hydrogen-bond donors (Lipinski definition) is 2. The first-order chi connectivity index (χ1) is 6.77. The number of H-pyrrole nitrogens is 1. The largest absolute Gasteiger partial charge is 0.350 e. The zero-order valence-electron chi connectivity index (χ0n) is 7.94. The molecular weight excluding hydrogens is 180 g/mol. The number of aromatic amines is 1. The topological polar surface area (TPSA) is 75.0 Å². The molecule has 14 heavy (non-hydrogen) atoms. The molecule has 2 rings (SSSR count). The van der Waals surface area contributed by atoms with Crippen molar-refractivity contribution in [3.8, 4) is 0 Å². The number of anilines is 1. The number of nitrogens with zero attached hydrogens (tertiary/aromatic N) is 2. The number of rotatable bonds is 1. The summed E-state index contributed by atoms with van der Waals surface area (Å²) in [5.74, 6) is 0.489. The molecule has 1 aromatic heterocycles. The van der Waals surface area contributed by atoms with Gasteiger partial charge in [0.2, 0.25) is 0 Å². The number of nitrogens with one attached hydrogen (secondary N) is 1. The molecule has 3 N–H and O–H groups in total. The van der Waals surface area contributed by atoms with Gasteiger partial charge in [0.1, 0.15) is 0 Å². The summed E-state index contributed by atoms with van der Waals surface area (Å²) in [5.41, 5.74) is 5.69. The molecule has 2 heterocycles. The third-order valence-corrected chi connectivity index (χ3v) is 2.45. The molecule has 1 atom stereocenters. The van der Waals surface area contributed by atoms with Crippen LogP contribution in [0, 0.1) is 0 Å². The number of aromatic nitrogens is 2. The van der Waals surface area contributed by atoms with Crippen molar-refractivity contribution in [1.29, 1.82) is 0 Å². The van der Waals surface area contributed by atoms with Crippen LogP contribution >= 0.6 is 0 Å². The first-order valence-corrected chi connectivity index (χ1v) is 4.81. The van der Waals surface area contributed by atoms with Crippen LogP contribution in [0.4, 0.5) is 5.82 Å². The second kappa shape index (κ2) is 3.79. The zero-order chi connectivity index (χ0) is 9.97. The molecule has 1 aromatic rings. The van der Waals surface area contributed by atoms with Crippen LogP contribution in [-0.2, 0) is 0 Å². The van der Waals surface area contributed by atoms with E-state index in [-0.39, 0.29) is 11.6 Å². The predicted octanol–water partition coefficient (Wildman–Crippen LogP) is -0.303. The van der Waals surface area contributed by atoms with Crippen LogP contribution in [0.1, 0.15) is 12.8 Å². The fourth-order valence-corrected chi connectivity index (χ4v) is 1.77. The van der Waals surface area contributed by atoms with Gasteiger partial charge in [-0.1, -0.05) is 0 Å². The molecule has 0 aliphatic carbocycles. The van der Waals surface area contributed by atoms with E-state index in [4.69, 9.17) is 5.73 Å². The minimum atomic E-state index is -0.137. The van der Waals surface area contributed by atoms with Crippen LogP contribution in [0.25, 0.3) is 0 Å². The lowest BCUT2D eigenvalue weighted by Crippen LogP contribution is -2.45. The van der Waals surface area contributed by atoms with Crippen LogP contribution in [0.5, 0.6) is 0 Å². The molecule has 76 valence electrons. The standard InChI is InChI=1S/C9H14N4O/c10-7-2-1-5-13(6-7)8-9(14)12-4-3-11-8/h3-4,7H,1-2,5-6,10H2,(H,12,14)/t7-/m1/s1. The van der Waals surface area contributed by atoms with Gasteiger partial charge in [0, 0.05) is 31.5 Å². The fourth-order valence-electron chi connectivity index (χ4n) is 1.77. The highest BCUT2D eigenvalue weighted by molar-refractivity contribution is 5.35. The smallest absolute Gasteiger partial charge is 0.290 e. The first-order valence-electron chi connectivity index (χ1n) is 4.81. The van der Waals surface area contributed by atoms with Crippen molar-refractivity contribution in [3.05, 3.63) is 22.7 Å². The van der Waals surface area contributed by atoms with Crippen LogP contribution in [0.15, 0.2) is 17.2 Å². The highest BCUT2D eigenvalue weighted by Gasteiger charge is 2.19. The van der Waals surface area contributed by atoms with Gasteiger partial charge in [-0.3, -0.25) is 4.79 Å². The Balaban J connectivity index is 2.22. The maximum absolute atomic E-state index is 11.4. The Labute approximate surface area is 82.0 Å². The van der Waals surface area contributed by atoms with Crippen LogP contribution < -0.4 is 16.2 Å². The van der Waals surface area contributed by atoms with E-state index < -0.39 is 0 Å². The normalized spacial score (nSPS) is 22.4. The van der Waals surface area contributed by atoms with Crippen LogP contribution in [-0.4, -0.2) is 29.1 Å². The summed E-state index contributed by atoms with van der Waals surface area (Å²) in [6.45, 7) is 1.59. The van der Waals surface area contributed by atoms with Crippen molar-refractivity contribution >= 4 is 5.82 Å². The van der Waals surface area contributed by atoms with Gasteiger partial charge in [-0.05, 0) is 12.8 Å². The SMILES string of the molecule is N[C@@H]1CCCN(c2ncc[nH]c2=O)C1. The summed E-state index contributed by atoms with van der Waals surface area (Å²) >= 11 is 0. The first kappa shape index (κ1) is 9.21. The second-order valence-electron chi connectivity index (χ2n) is 3.59. The second-order valence-corrected chi connectivity index (χ2v) is 3.59. The Kier molecular flexibility index (Phi) is 2.49. The van der Waals surface area contributed by atoms with Gasteiger partial charge in [0.15, 0.2) is 5.82 Å². The molecule has 0 unspecified atom stereocenters. The summed E-state index contributed by atoms with van der Waals surface area (Å²) in [5, 5.41) is 0. The number of piperidine rings is 1. The minimum absolute atomic E-state index is 0.137. The Morgan fingerprint density at radius 1 is 1.64 bits per heavy atom. The van der Waals surface area contributed by atoms with Gasteiger partial charge in [0.25, 0.3) is 5.56 Å². The Morgan fingerprint density at radius 3 is 3.21 bits per heavy atom. The lowest BCUT2D eigenvalue weighted by Gasteiger charge is -2.30. The maximum Gasteiger partial charge on any atom is 0.290 e. The van der Waals surface area contributed by atoms with E-state index in [9.17, 15) is 4.79 Å². The quantitative estimate of drug-likeness (QED) is 0.643. The summed E-state index contributed by atoms with van der Waals surface area (Å²) in [7, 11) is 0. The van der Waals surface area contributed by atoms with Gasteiger partial charge in [-0.2, -0.15) is 0 Å². The molecule has 0 bridgehead atoms. The van der Waals surface area contributed by atoms with Crippen molar-refractivity contribution < 1.29 is 0 Å². The zero-order valence-corrected chi connectivity index (χ0v) is 7.94. The average Bonchev–Trinajstić information content (AvgIpc) is 2.18. The van der Waals surface area contributed by atoms with Crippen molar-refractivity contribution in [2.75, 3.05) is 18.0 Å². The monoisotopic (exact) mass is 194 g/mol. The molecule has 1 aliphatic heterocycles. The molecule has 0 amide bonds. The van der Waals surface area contributed by atoms with Gasteiger partial charge < -0.3 is 15.6 Å². The predicted molar refractivity (Wildman–Crippen MR) is 54.3 cm³/mol. The van der Waals surface area contributed by atoms with Gasteiger partial charge >= 0.3 is 0 Å². The summed E-state index contributed by atoms with van der Waals surface area (Å²) in [4.78, 5) is 20.1. The van der Waals surface area contributed by atoms with E-state index in [2.05, 4.69) is 9.97 Å². The van der Waals surface area contributed by atoms with Gasteiger partial charge in [-0.15, -0.1) is 0 Å². The Hall–Kier alpha value is -1.36. The molecule has 0 radical (unpaired) electrons.